The van der Waals surface area contributed by atoms with Gasteiger partial charge >= 0.3 is 0 Å². The summed E-state index contributed by atoms with van der Waals surface area (Å²) in [6, 6.07) is 7.90. The van der Waals surface area contributed by atoms with Crippen LogP contribution in [0.15, 0.2) is 30.3 Å². The van der Waals surface area contributed by atoms with E-state index in [-0.39, 0.29) is 23.8 Å². The maximum atomic E-state index is 13.6. The summed E-state index contributed by atoms with van der Waals surface area (Å²) in [4.78, 5) is 14.9. The van der Waals surface area contributed by atoms with Crippen LogP contribution in [0.4, 0.5) is 4.39 Å². The van der Waals surface area contributed by atoms with E-state index in [1.807, 2.05) is 37.8 Å². The number of carbonyl (C=O) groups is 1. The molecule has 6 heteroatoms. The van der Waals surface area contributed by atoms with Crippen LogP contribution in [0.25, 0.3) is 0 Å². The van der Waals surface area contributed by atoms with Gasteiger partial charge in [0.05, 0.1) is 11.7 Å². The lowest BCUT2D eigenvalue weighted by Gasteiger charge is -2.38. The van der Waals surface area contributed by atoms with Gasteiger partial charge in [0.15, 0.2) is 0 Å². The second-order valence-electron chi connectivity index (χ2n) is 6.35. The van der Waals surface area contributed by atoms with Gasteiger partial charge in [-0.15, -0.1) is 0 Å². The number of benzene rings is 1. The Balaban J connectivity index is 1.87. The highest BCUT2D eigenvalue weighted by molar-refractivity contribution is 5.80. The molecule has 1 saturated heterocycles. The highest BCUT2D eigenvalue weighted by Crippen LogP contribution is 2.26. The Bertz CT molecular complexity index is 742. The molecule has 2 unspecified atom stereocenters. The summed E-state index contributed by atoms with van der Waals surface area (Å²) in [6.45, 7) is 7.70. The van der Waals surface area contributed by atoms with Crippen LogP contribution in [-0.4, -0.2) is 40.2 Å². The van der Waals surface area contributed by atoms with E-state index in [1.54, 1.807) is 10.7 Å². The Morgan fingerprint density at radius 3 is 2.83 bits per heavy atom. The van der Waals surface area contributed by atoms with Gasteiger partial charge < -0.3 is 10.2 Å². The first-order valence-electron chi connectivity index (χ1n) is 8.27. The van der Waals surface area contributed by atoms with Crippen molar-refractivity contribution < 1.29 is 9.18 Å². The molecule has 2 heterocycles. The predicted octanol–water partition coefficient (Wildman–Crippen LogP) is 2.37. The zero-order chi connectivity index (χ0) is 17.3. The fourth-order valence-corrected chi connectivity index (χ4v) is 3.36. The second-order valence-corrected chi connectivity index (χ2v) is 6.35. The molecule has 128 valence electrons. The monoisotopic (exact) mass is 330 g/mol. The Hall–Kier alpha value is -2.21. The molecule has 1 aliphatic heterocycles. The number of aryl methyl sites for hydroxylation is 2. The lowest BCUT2D eigenvalue weighted by Crippen LogP contribution is -2.50. The second kappa shape index (κ2) is 6.73. The quantitative estimate of drug-likeness (QED) is 0.940. The maximum absolute atomic E-state index is 13.6. The van der Waals surface area contributed by atoms with Crippen LogP contribution in [0, 0.1) is 19.7 Å². The van der Waals surface area contributed by atoms with Crippen LogP contribution in [0.1, 0.15) is 36.0 Å². The Labute approximate surface area is 141 Å². The molecule has 3 rings (SSSR count). The van der Waals surface area contributed by atoms with E-state index >= 15 is 0 Å². The molecule has 24 heavy (non-hydrogen) atoms. The molecule has 0 aliphatic carbocycles. The molecule has 0 radical (unpaired) electrons. The van der Waals surface area contributed by atoms with Crippen LogP contribution in [0.5, 0.6) is 0 Å². The SMILES string of the molecule is Cc1cc(C)n(C(C)C(=O)N2CCNCC2c2cccc(F)c2)n1. The summed E-state index contributed by atoms with van der Waals surface area (Å²) >= 11 is 0. The molecule has 2 aromatic rings. The van der Waals surface area contributed by atoms with Gasteiger partial charge in [-0.25, -0.2) is 4.39 Å². The Morgan fingerprint density at radius 2 is 2.17 bits per heavy atom. The standard InChI is InChI=1S/C18H23FN4O/c1-12-9-13(2)23(21-12)14(3)18(24)22-8-7-20-11-17(22)15-5-4-6-16(19)10-15/h4-6,9-10,14,17,20H,7-8,11H2,1-3H3. The first-order valence-corrected chi connectivity index (χ1v) is 8.27. The minimum atomic E-state index is -0.382. The van der Waals surface area contributed by atoms with Crippen LogP contribution in [0.2, 0.25) is 0 Å². The average molecular weight is 330 g/mol. The number of nitrogens with one attached hydrogen (secondary N) is 1. The normalized spacial score (nSPS) is 19.3. The Morgan fingerprint density at radius 1 is 1.38 bits per heavy atom. The van der Waals surface area contributed by atoms with Crippen LogP contribution in [0.3, 0.4) is 0 Å². The molecule has 1 aromatic heterocycles. The lowest BCUT2D eigenvalue weighted by molar-refractivity contribution is -0.138. The van der Waals surface area contributed by atoms with Crippen molar-refractivity contribution in [2.24, 2.45) is 0 Å². The van der Waals surface area contributed by atoms with Crippen molar-refractivity contribution in [3.8, 4) is 0 Å². The van der Waals surface area contributed by atoms with Crippen molar-refractivity contribution >= 4 is 5.91 Å². The molecule has 1 N–H and O–H groups in total. The summed E-state index contributed by atoms with van der Waals surface area (Å²) in [5.41, 5.74) is 2.68. The van der Waals surface area contributed by atoms with E-state index in [0.29, 0.717) is 13.1 Å². The van der Waals surface area contributed by atoms with Gasteiger partial charge in [-0.2, -0.15) is 5.10 Å². The van der Waals surface area contributed by atoms with Crippen molar-refractivity contribution in [2.75, 3.05) is 19.6 Å². The zero-order valence-electron chi connectivity index (χ0n) is 14.3. The minimum Gasteiger partial charge on any atom is -0.331 e. The van der Waals surface area contributed by atoms with Crippen LogP contribution >= 0.6 is 0 Å². The minimum absolute atomic E-state index is 0.0111. The van der Waals surface area contributed by atoms with E-state index < -0.39 is 0 Å². The van der Waals surface area contributed by atoms with Crippen LogP contribution < -0.4 is 5.32 Å². The first-order chi connectivity index (χ1) is 11.5. The fraction of sp³-hybridized carbons (Fsp3) is 0.444. The third-order valence-corrected chi connectivity index (χ3v) is 4.53. The van der Waals surface area contributed by atoms with Gasteiger partial charge in [0.1, 0.15) is 11.9 Å². The van der Waals surface area contributed by atoms with Gasteiger partial charge in [0.2, 0.25) is 5.91 Å². The fourth-order valence-electron chi connectivity index (χ4n) is 3.36. The highest BCUT2D eigenvalue weighted by Gasteiger charge is 2.32. The number of piperazine rings is 1. The molecule has 1 fully saturated rings. The summed E-state index contributed by atoms with van der Waals surface area (Å²) in [6.07, 6.45) is 0. The number of halogens is 1. The lowest BCUT2D eigenvalue weighted by atomic mass is 10.0. The van der Waals surface area contributed by atoms with E-state index in [2.05, 4.69) is 10.4 Å². The van der Waals surface area contributed by atoms with E-state index in [0.717, 1.165) is 23.5 Å². The molecule has 5 nitrogen and oxygen atoms in total. The van der Waals surface area contributed by atoms with Crippen molar-refractivity contribution in [2.45, 2.75) is 32.9 Å². The summed E-state index contributed by atoms with van der Waals surface area (Å²) in [5.74, 6) is -0.269. The van der Waals surface area contributed by atoms with Crippen LogP contribution in [-0.2, 0) is 4.79 Å². The molecule has 0 spiro atoms. The van der Waals surface area contributed by atoms with Crippen molar-refractivity contribution in [3.63, 3.8) is 0 Å². The predicted molar refractivity (Wildman–Crippen MR) is 90.1 cm³/mol. The molecule has 0 saturated carbocycles. The number of amides is 1. The number of hydrogen-bond acceptors (Lipinski definition) is 3. The van der Waals surface area contributed by atoms with E-state index in [1.165, 1.54) is 12.1 Å². The van der Waals surface area contributed by atoms with E-state index in [4.69, 9.17) is 0 Å². The third-order valence-electron chi connectivity index (χ3n) is 4.53. The molecule has 1 aliphatic rings. The third kappa shape index (κ3) is 3.19. The van der Waals surface area contributed by atoms with Gasteiger partial charge in [-0.05, 0) is 44.5 Å². The highest BCUT2D eigenvalue weighted by atomic mass is 19.1. The molecular formula is C18H23FN4O. The van der Waals surface area contributed by atoms with Crippen molar-refractivity contribution in [1.29, 1.82) is 0 Å². The number of rotatable bonds is 3. The van der Waals surface area contributed by atoms with E-state index in [9.17, 15) is 9.18 Å². The van der Waals surface area contributed by atoms with Crippen molar-refractivity contribution in [3.05, 3.63) is 53.1 Å². The number of hydrogen-bond donors (Lipinski definition) is 1. The molecule has 2 atom stereocenters. The number of aromatic nitrogens is 2. The molecule has 0 bridgehead atoms. The summed E-state index contributed by atoms with van der Waals surface area (Å²) in [7, 11) is 0. The molecule has 1 amide bonds. The number of nitrogens with zero attached hydrogens (tertiary/aromatic N) is 3. The topological polar surface area (TPSA) is 50.2 Å². The van der Waals surface area contributed by atoms with Gasteiger partial charge in [-0.3, -0.25) is 9.48 Å². The molecule has 1 aromatic carbocycles. The maximum Gasteiger partial charge on any atom is 0.247 e. The smallest absolute Gasteiger partial charge is 0.247 e. The van der Waals surface area contributed by atoms with Gasteiger partial charge in [-0.1, -0.05) is 12.1 Å². The summed E-state index contributed by atoms with van der Waals surface area (Å²) in [5, 5.41) is 7.72. The van der Waals surface area contributed by atoms with Gasteiger partial charge in [0.25, 0.3) is 0 Å². The molecular weight excluding hydrogens is 307 g/mol. The Kier molecular flexibility index (Phi) is 4.66. The zero-order valence-corrected chi connectivity index (χ0v) is 14.3. The first kappa shape index (κ1) is 16.6. The average Bonchev–Trinajstić information content (AvgIpc) is 2.92. The number of carbonyl (C=O) groups excluding carboxylic acids is 1. The van der Waals surface area contributed by atoms with Gasteiger partial charge in [0, 0.05) is 25.3 Å². The summed E-state index contributed by atoms with van der Waals surface area (Å²) < 4.78 is 15.4. The largest absolute Gasteiger partial charge is 0.331 e. The van der Waals surface area contributed by atoms with Crippen molar-refractivity contribution in [1.82, 2.24) is 20.0 Å².